The van der Waals surface area contributed by atoms with Crippen molar-refractivity contribution in [1.82, 2.24) is 4.90 Å². The number of benzene rings is 1. The Morgan fingerprint density at radius 3 is 2.30 bits per heavy atom. The van der Waals surface area contributed by atoms with Crippen LogP contribution >= 0.6 is 23.2 Å². The smallest absolute Gasteiger partial charge is 0.326 e. The van der Waals surface area contributed by atoms with Crippen LogP contribution in [0.4, 0.5) is 5.69 Å². The van der Waals surface area contributed by atoms with Crippen molar-refractivity contribution in [1.29, 1.82) is 0 Å². The second-order valence-corrected chi connectivity index (χ2v) is 9.23. The van der Waals surface area contributed by atoms with Crippen LogP contribution in [0.2, 0.25) is 0 Å². The quantitative estimate of drug-likeness (QED) is 0.420. The van der Waals surface area contributed by atoms with E-state index in [1.165, 1.54) is 0 Å². The first kappa shape index (κ1) is 21.1. The standard InChI is InChI=1S/C21H22Cl2N2O5/c1-9-4-3-5-13(10(9)2)24-14(26)8-30-15(27)7-25-20(28)16-11-6-12(17(16)21(25)29)19(23)18(11)22/h3-5,11-12,16-19H,6-8H2,1-2H3,(H,24,26)/t11-,12-,16-,17-,18-,19+/m1/s1. The van der Waals surface area contributed by atoms with Crippen LogP contribution in [0.15, 0.2) is 18.2 Å². The Kier molecular flexibility index (Phi) is 5.53. The summed E-state index contributed by atoms with van der Waals surface area (Å²) in [6.07, 6.45) is 0.659. The van der Waals surface area contributed by atoms with Crippen LogP contribution in [-0.2, 0) is 23.9 Å². The lowest BCUT2D eigenvalue weighted by molar-refractivity contribution is -0.154. The largest absolute Gasteiger partial charge is 0.454 e. The summed E-state index contributed by atoms with van der Waals surface area (Å²) < 4.78 is 4.99. The summed E-state index contributed by atoms with van der Waals surface area (Å²) in [5, 5.41) is 1.98. The molecule has 0 spiro atoms. The average molecular weight is 453 g/mol. The fraction of sp³-hybridized carbons (Fsp3) is 0.524. The molecule has 3 fully saturated rings. The van der Waals surface area contributed by atoms with E-state index in [9.17, 15) is 19.2 Å². The van der Waals surface area contributed by atoms with E-state index in [1.54, 1.807) is 6.07 Å². The van der Waals surface area contributed by atoms with Gasteiger partial charge in [0.2, 0.25) is 11.8 Å². The average Bonchev–Trinajstić information content (AvgIpc) is 3.31. The number of hydrogen-bond donors (Lipinski definition) is 1. The number of aryl methyl sites for hydroxylation is 1. The Bertz CT molecular complexity index is 904. The monoisotopic (exact) mass is 452 g/mol. The van der Waals surface area contributed by atoms with E-state index in [1.807, 2.05) is 26.0 Å². The summed E-state index contributed by atoms with van der Waals surface area (Å²) in [5.74, 6) is -3.44. The molecule has 4 rings (SSSR count). The van der Waals surface area contributed by atoms with Crippen LogP contribution in [0.5, 0.6) is 0 Å². The second kappa shape index (κ2) is 7.85. The van der Waals surface area contributed by atoms with Crippen molar-refractivity contribution in [2.45, 2.75) is 31.0 Å². The molecular weight excluding hydrogens is 431 g/mol. The second-order valence-electron chi connectivity index (χ2n) is 8.22. The molecular formula is C21H22Cl2N2O5. The van der Waals surface area contributed by atoms with Crippen molar-refractivity contribution in [3.05, 3.63) is 29.3 Å². The number of alkyl halides is 2. The lowest BCUT2D eigenvalue weighted by Crippen LogP contribution is -2.38. The summed E-state index contributed by atoms with van der Waals surface area (Å²) in [7, 11) is 0. The number of nitrogens with one attached hydrogen (secondary N) is 1. The molecule has 1 aromatic rings. The van der Waals surface area contributed by atoms with E-state index >= 15 is 0 Å². The van der Waals surface area contributed by atoms with Crippen LogP contribution in [0.25, 0.3) is 0 Å². The van der Waals surface area contributed by atoms with Gasteiger partial charge in [-0.15, -0.1) is 23.2 Å². The zero-order valence-electron chi connectivity index (χ0n) is 16.6. The fourth-order valence-electron chi connectivity index (χ4n) is 4.96. The number of fused-ring (bicyclic) bond motifs is 5. The third-order valence-corrected chi connectivity index (χ3v) is 7.93. The molecule has 160 valence electrons. The van der Waals surface area contributed by atoms with Gasteiger partial charge in [-0.1, -0.05) is 12.1 Å². The summed E-state index contributed by atoms with van der Waals surface area (Å²) in [4.78, 5) is 50.7. The number of imide groups is 1. The highest BCUT2D eigenvalue weighted by Crippen LogP contribution is 2.59. The molecule has 7 nitrogen and oxygen atoms in total. The molecule has 3 amide bonds. The Balaban J connectivity index is 1.33. The molecule has 9 heteroatoms. The normalized spacial score (nSPS) is 31.8. The number of esters is 1. The summed E-state index contributed by atoms with van der Waals surface area (Å²) >= 11 is 12.6. The van der Waals surface area contributed by atoms with Gasteiger partial charge in [0.25, 0.3) is 5.91 Å². The number of ether oxygens (including phenoxy) is 1. The minimum absolute atomic E-state index is 0.148. The van der Waals surface area contributed by atoms with Crippen molar-refractivity contribution >= 4 is 52.6 Å². The van der Waals surface area contributed by atoms with E-state index in [4.69, 9.17) is 27.9 Å². The topological polar surface area (TPSA) is 92.8 Å². The number of likely N-dealkylation sites (tertiary alicyclic amines) is 1. The molecule has 2 saturated carbocycles. The maximum Gasteiger partial charge on any atom is 0.326 e. The number of carbonyl (C=O) groups excluding carboxylic acids is 4. The first-order valence-corrected chi connectivity index (χ1v) is 10.7. The van der Waals surface area contributed by atoms with E-state index in [0.29, 0.717) is 12.1 Å². The number of amides is 3. The summed E-state index contributed by atoms with van der Waals surface area (Å²) in [6, 6.07) is 5.50. The van der Waals surface area contributed by atoms with Crippen molar-refractivity contribution < 1.29 is 23.9 Å². The van der Waals surface area contributed by atoms with Gasteiger partial charge in [0, 0.05) is 5.69 Å². The highest BCUT2D eigenvalue weighted by molar-refractivity contribution is 6.31. The van der Waals surface area contributed by atoms with Crippen molar-refractivity contribution in [3.8, 4) is 0 Å². The Hall–Kier alpha value is -2.12. The van der Waals surface area contributed by atoms with Crippen LogP contribution in [0.1, 0.15) is 17.5 Å². The minimum Gasteiger partial charge on any atom is -0.454 e. The summed E-state index contributed by atoms with van der Waals surface area (Å²) in [5.41, 5.74) is 2.58. The van der Waals surface area contributed by atoms with Crippen molar-refractivity contribution in [3.63, 3.8) is 0 Å². The van der Waals surface area contributed by atoms with Gasteiger partial charge in [-0.2, -0.15) is 0 Å². The molecule has 30 heavy (non-hydrogen) atoms. The predicted molar refractivity (Wildman–Crippen MR) is 110 cm³/mol. The van der Waals surface area contributed by atoms with Gasteiger partial charge in [0.15, 0.2) is 6.61 Å². The number of rotatable bonds is 5. The van der Waals surface area contributed by atoms with E-state index in [0.717, 1.165) is 16.0 Å². The van der Waals surface area contributed by atoms with Crippen LogP contribution < -0.4 is 5.32 Å². The van der Waals surface area contributed by atoms with Crippen molar-refractivity contribution in [2.24, 2.45) is 23.7 Å². The van der Waals surface area contributed by atoms with Gasteiger partial charge in [-0.05, 0) is 49.3 Å². The maximum atomic E-state index is 12.7. The van der Waals surface area contributed by atoms with Gasteiger partial charge in [0.05, 0.1) is 22.6 Å². The molecule has 6 atom stereocenters. The highest BCUT2D eigenvalue weighted by Gasteiger charge is 2.66. The zero-order chi connectivity index (χ0) is 21.7. The van der Waals surface area contributed by atoms with Crippen molar-refractivity contribution in [2.75, 3.05) is 18.5 Å². The van der Waals surface area contributed by atoms with Gasteiger partial charge >= 0.3 is 5.97 Å². The van der Waals surface area contributed by atoms with Crippen LogP contribution in [0.3, 0.4) is 0 Å². The number of nitrogens with zero attached hydrogens (tertiary/aromatic N) is 1. The van der Waals surface area contributed by atoms with Gasteiger partial charge in [0.1, 0.15) is 6.54 Å². The molecule has 2 aliphatic carbocycles. The lowest BCUT2D eigenvalue weighted by atomic mass is 9.80. The number of hydrogen-bond acceptors (Lipinski definition) is 5. The maximum absolute atomic E-state index is 12.7. The molecule has 1 saturated heterocycles. The van der Waals surface area contributed by atoms with Crippen LogP contribution in [-0.4, -0.2) is 52.5 Å². The minimum atomic E-state index is -0.815. The number of carbonyl (C=O) groups is 4. The molecule has 3 aliphatic rings. The first-order valence-electron chi connectivity index (χ1n) is 9.85. The van der Waals surface area contributed by atoms with E-state index in [2.05, 4.69) is 5.32 Å². The highest BCUT2D eigenvalue weighted by atomic mass is 35.5. The van der Waals surface area contributed by atoms with E-state index in [-0.39, 0.29) is 22.6 Å². The van der Waals surface area contributed by atoms with Gasteiger partial charge in [-0.25, -0.2) is 0 Å². The van der Waals surface area contributed by atoms with E-state index < -0.39 is 48.7 Å². The molecule has 0 radical (unpaired) electrons. The number of halogens is 2. The molecule has 2 bridgehead atoms. The molecule has 0 aromatic heterocycles. The summed E-state index contributed by atoms with van der Waals surface area (Å²) in [6.45, 7) is 2.78. The Morgan fingerprint density at radius 1 is 1.10 bits per heavy atom. The Morgan fingerprint density at radius 2 is 1.70 bits per heavy atom. The fourth-order valence-corrected chi connectivity index (χ4v) is 5.85. The third kappa shape index (κ3) is 3.38. The Labute approximate surface area is 184 Å². The predicted octanol–water partition coefficient (Wildman–Crippen LogP) is 2.25. The van der Waals surface area contributed by atoms with Crippen LogP contribution in [0, 0.1) is 37.5 Å². The number of anilines is 1. The third-order valence-electron chi connectivity index (χ3n) is 6.61. The lowest BCUT2D eigenvalue weighted by Gasteiger charge is -2.28. The molecule has 1 aromatic carbocycles. The molecule has 1 N–H and O–H groups in total. The first-order chi connectivity index (χ1) is 14.2. The van der Waals surface area contributed by atoms with Gasteiger partial charge in [-0.3, -0.25) is 24.1 Å². The van der Waals surface area contributed by atoms with Gasteiger partial charge < -0.3 is 10.1 Å². The molecule has 1 aliphatic heterocycles. The molecule has 1 heterocycles. The SMILES string of the molecule is Cc1cccc(NC(=O)COC(=O)CN2C(=O)[C@@H]3[C@H]4C[C@@H]([C@@H](Cl)[C@H]4Cl)[C@H]3C2=O)c1C. The zero-order valence-corrected chi connectivity index (χ0v) is 18.1. The molecule has 0 unspecified atom stereocenters.